The molecule has 2 aromatic rings. The zero-order chi connectivity index (χ0) is 10.3. The number of carbonyl (C=O) groups is 1. The minimum atomic E-state index is -1.12. The van der Waals surface area contributed by atoms with Gasteiger partial charge in [-0.05, 0) is 18.6 Å². The second-order valence-corrected chi connectivity index (χ2v) is 3.34. The Morgan fingerprint density at radius 3 is 2.47 bits per heavy atom. The van der Waals surface area contributed by atoms with E-state index in [9.17, 15) is 9.90 Å². The third kappa shape index (κ3) is 2.05. The van der Waals surface area contributed by atoms with E-state index in [2.05, 4.69) is 0 Å². The van der Waals surface area contributed by atoms with Gasteiger partial charge in [-0.2, -0.15) is 0 Å². The number of carbonyl (C=O) groups excluding carboxylic acids is 1. The summed E-state index contributed by atoms with van der Waals surface area (Å²) in [7, 11) is 1.74. The molecule has 0 unspecified atom stereocenters. The molecule has 0 aliphatic carbocycles. The van der Waals surface area contributed by atoms with Crippen LogP contribution in [-0.4, -0.2) is 10.5 Å². The second kappa shape index (κ2) is 4.80. The molecular weight excluding hydrogens is 217 g/mol. The molecule has 0 bridgehead atoms. The maximum atomic E-state index is 10.9. The van der Waals surface area contributed by atoms with Gasteiger partial charge in [-0.3, -0.25) is 0 Å². The Morgan fingerprint density at radius 1 is 1.33 bits per heavy atom. The molecule has 0 fully saturated rings. The third-order valence-electron chi connectivity index (χ3n) is 2.55. The zero-order valence-corrected chi connectivity index (χ0v) is 12.2. The van der Waals surface area contributed by atoms with E-state index in [0.29, 0.717) is 0 Å². The molecule has 2 rings (SSSR count). The first-order valence-electron chi connectivity index (χ1n) is 4.38. The molecule has 0 saturated heterocycles. The largest absolute Gasteiger partial charge is 1.00 e. The van der Waals surface area contributed by atoms with Gasteiger partial charge in [-0.1, -0.05) is 18.2 Å². The molecule has 0 aliphatic heterocycles. The van der Waals surface area contributed by atoms with Gasteiger partial charge in [0.05, 0.1) is 11.7 Å². The van der Waals surface area contributed by atoms with Gasteiger partial charge in [-0.25, -0.2) is 0 Å². The SMILES string of the molecule is Cc1c(C(=O)[O-])n(C)c2ccccc12.[K+]. The van der Waals surface area contributed by atoms with Crippen LogP contribution in [0.5, 0.6) is 0 Å². The molecule has 1 heterocycles. The van der Waals surface area contributed by atoms with Crippen LogP contribution in [0.1, 0.15) is 16.1 Å². The predicted molar refractivity (Wildman–Crippen MR) is 52.0 cm³/mol. The van der Waals surface area contributed by atoms with Gasteiger partial charge in [0.15, 0.2) is 0 Å². The quantitative estimate of drug-likeness (QED) is 0.522. The molecule has 1 aromatic heterocycles. The van der Waals surface area contributed by atoms with Crippen LogP contribution < -0.4 is 56.5 Å². The summed E-state index contributed by atoms with van der Waals surface area (Å²) in [6.45, 7) is 1.80. The van der Waals surface area contributed by atoms with Crippen molar-refractivity contribution in [3.05, 3.63) is 35.5 Å². The molecule has 0 spiro atoms. The monoisotopic (exact) mass is 227 g/mol. The molecule has 3 nitrogen and oxygen atoms in total. The molecule has 0 atom stereocenters. The molecule has 0 saturated carbocycles. The maximum Gasteiger partial charge on any atom is 1.00 e. The number of aromatic nitrogens is 1. The molecule has 0 N–H and O–H groups in total. The van der Waals surface area contributed by atoms with E-state index in [-0.39, 0.29) is 57.1 Å². The molecular formula is C11H10KNO2. The smallest absolute Gasteiger partial charge is 0.543 e. The summed E-state index contributed by atoms with van der Waals surface area (Å²) in [6.07, 6.45) is 0. The predicted octanol–water partition coefficient (Wildman–Crippen LogP) is -2.15. The van der Waals surface area contributed by atoms with Crippen LogP contribution in [-0.2, 0) is 7.05 Å². The molecule has 0 radical (unpaired) electrons. The average Bonchev–Trinajstić information content (AvgIpc) is 2.41. The summed E-state index contributed by atoms with van der Waals surface area (Å²) < 4.78 is 1.65. The van der Waals surface area contributed by atoms with Gasteiger partial charge < -0.3 is 14.5 Å². The van der Waals surface area contributed by atoms with Gasteiger partial charge in [-0.15, -0.1) is 0 Å². The van der Waals surface area contributed by atoms with Gasteiger partial charge in [0.2, 0.25) is 0 Å². The molecule has 15 heavy (non-hydrogen) atoms. The van der Waals surface area contributed by atoms with E-state index in [4.69, 9.17) is 0 Å². The summed E-state index contributed by atoms with van der Waals surface area (Å²) in [6, 6.07) is 7.60. The normalized spacial score (nSPS) is 10.0. The number of para-hydroxylation sites is 1. The van der Waals surface area contributed by atoms with Gasteiger partial charge in [0, 0.05) is 18.0 Å². The summed E-state index contributed by atoms with van der Waals surface area (Å²) >= 11 is 0. The van der Waals surface area contributed by atoms with Crippen LogP contribution in [0.15, 0.2) is 24.3 Å². The fraction of sp³-hybridized carbons (Fsp3) is 0.182. The van der Waals surface area contributed by atoms with Crippen molar-refractivity contribution < 1.29 is 61.3 Å². The van der Waals surface area contributed by atoms with E-state index in [1.165, 1.54) is 0 Å². The number of hydrogen-bond donors (Lipinski definition) is 0. The second-order valence-electron chi connectivity index (χ2n) is 3.34. The van der Waals surface area contributed by atoms with E-state index in [0.717, 1.165) is 16.5 Å². The van der Waals surface area contributed by atoms with Crippen molar-refractivity contribution in [1.82, 2.24) is 4.57 Å². The van der Waals surface area contributed by atoms with E-state index in [1.807, 2.05) is 24.3 Å². The Bertz CT molecular complexity index is 478. The Balaban J connectivity index is 0.00000112. The number of hydrogen-bond acceptors (Lipinski definition) is 2. The van der Waals surface area contributed by atoms with Crippen molar-refractivity contribution in [3.8, 4) is 0 Å². The molecule has 0 amide bonds. The minimum Gasteiger partial charge on any atom is -0.543 e. The third-order valence-corrected chi connectivity index (χ3v) is 2.55. The van der Waals surface area contributed by atoms with Crippen molar-refractivity contribution in [1.29, 1.82) is 0 Å². The van der Waals surface area contributed by atoms with Crippen molar-refractivity contribution in [2.24, 2.45) is 7.05 Å². The fourth-order valence-corrected chi connectivity index (χ4v) is 1.87. The number of aromatic carboxylic acids is 1. The van der Waals surface area contributed by atoms with Crippen molar-refractivity contribution in [3.63, 3.8) is 0 Å². The van der Waals surface area contributed by atoms with Crippen LogP contribution in [0.25, 0.3) is 10.9 Å². The van der Waals surface area contributed by atoms with Crippen molar-refractivity contribution in [2.75, 3.05) is 0 Å². The van der Waals surface area contributed by atoms with Crippen molar-refractivity contribution in [2.45, 2.75) is 6.92 Å². The van der Waals surface area contributed by atoms with Crippen LogP contribution >= 0.6 is 0 Å². The zero-order valence-electron chi connectivity index (χ0n) is 9.07. The number of rotatable bonds is 1. The standard InChI is InChI=1S/C11H11NO2.K/c1-7-8-5-3-4-6-9(8)12(2)10(7)11(13)14;/h3-6H,1-2H3,(H,13,14);/q;+1/p-1. The van der Waals surface area contributed by atoms with Crippen LogP contribution in [0.3, 0.4) is 0 Å². The Hall–Kier alpha value is -0.134. The number of carboxylic acid groups (broad SMARTS) is 1. The van der Waals surface area contributed by atoms with Crippen molar-refractivity contribution >= 4 is 16.9 Å². The number of nitrogens with zero attached hydrogens (tertiary/aromatic N) is 1. The van der Waals surface area contributed by atoms with Crippen LogP contribution in [0.2, 0.25) is 0 Å². The van der Waals surface area contributed by atoms with E-state index < -0.39 is 5.97 Å². The number of carboxylic acids is 1. The van der Waals surface area contributed by atoms with Crippen LogP contribution in [0.4, 0.5) is 0 Å². The van der Waals surface area contributed by atoms with Gasteiger partial charge in [0.25, 0.3) is 0 Å². The topological polar surface area (TPSA) is 45.1 Å². The summed E-state index contributed by atoms with van der Waals surface area (Å²) in [5.41, 5.74) is 1.94. The number of fused-ring (bicyclic) bond motifs is 1. The molecule has 1 aromatic carbocycles. The molecule has 0 aliphatic rings. The van der Waals surface area contributed by atoms with Gasteiger partial charge in [0.1, 0.15) is 0 Å². The van der Waals surface area contributed by atoms with Crippen LogP contribution in [0, 0.1) is 6.92 Å². The first-order chi connectivity index (χ1) is 6.63. The summed E-state index contributed by atoms with van der Waals surface area (Å²) in [5, 5.41) is 11.8. The average molecular weight is 227 g/mol. The first-order valence-corrected chi connectivity index (χ1v) is 4.38. The first kappa shape index (κ1) is 12.9. The Labute approximate surface area is 131 Å². The van der Waals surface area contributed by atoms with E-state index >= 15 is 0 Å². The molecule has 72 valence electrons. The molecule has 4 heteroatoms. The number of aryl methyl sites for hydroxylation is 2. The summed E-state index contributed by atoms with van der Waals surface area (Å²) in [4.78, 5) is 10.9. The maximum absolute atomic E-state index is 10.9. The fourth-order valence-electron chi connectivity index (χ4n) is 1.87. The summed E-state index contributed by atoms with van der Waals surface area (Å²) in [5.74, 6) is -1.12. The van der Waals surface area contributed by atoms with E-state index in [1.54, 1.807) is 18.5 Å². The Kier molecular flexibility index (Phi) is 4.14. The number of benzene rings is 1. The minimum absolute atomic E-state index is 0. The Morgan fingerprint density at radius 2 is 1.93 bits per heavy atom. The van der Waals surface area contributed by atoms with Gasteiger partial charge >= 0.3 is 51.4 Å².